The van der Waals surface area contributed by atoms with Crippen LogP contribution < -0.4 is 5.32 Å². The first-order valence-corrected chi connectivity index (χ1v) is 7.40. The quantitative estimate of drug-likeness (QED) is 0.383. The Morgan fingerprint density at radius 3 is 2.11 bits per heavy atom. The SMILES string of the molecule is C=C/C(=C\[C@@H](C)C(C)(O)NC)C[N+](CC)(CC)CC. The molecule has 0 radical (unpaired) electrons. The minimum Gasteiger partial charge on any atom is -0.376 e. The molecule has 3 nitrogen and oxygen atoms in total. The summed E-state index contributed by atoms with van der Waals surface area (Å²) in [6.45, 7) is 18.8. The first-order chi connectivity index (χ1) is 8.80. The van der Waals surface area contributed by atoms with Gasteiger partial charge in [-0.05, 0) is 34.7 Å². The first kappa shape index (κ1) is 18.4. The molecule has 2 atom stereocenters. The summed E-state index contributed by atoms with van der Waals surface area (Å²) < 4.78 is 1.06. The molecule has 0 bridgehead atoms. The van der Waals surface area contributed by atoms with Crippen molar-refractivity contribution in [2.45, 2.75) is 40.3 Å². The molecule has 0 aliphatic rings. The third-order valence-electron chi connectivity index (χ3n) is 4.65. The molecule has 0 aliphatic heterocycles. The van der Waals surface area contributed by atoms with E-state index in [0.717, 1.165) is 30.7 Å². The molecular weight excluding hydrogens is 236 g/mol. The van der Waals surface area contributed by atoms with Crippen molar-refractivity contribution in [3.8, 4) is 0 Å². The molecule has 19 heavy (non-hydrogen) atoms. The molecule has 0 aromatic rings. The van der Waals surface area contributed by atoms with E-state index < -0.39 is 5.72 Å². The molecule has 1 unspecified atom stereocenters. The normalized spacial score (nSPS) is 17.9. The third kappa shape index (κ3) is 5.09. The lowest BCUT2D eigenvalue weighted by Crippen LogP contribution is -2.49. The average Bonchev–Trinajstić information content (AvgIpc) is 2.43. The molecule has 0 aliphatic carbocycles. The van der Waals surface area contributed by atoms with Crippen LogP contribution in [0.1, 0.15) is 34.6 Å². The highest BCUT2D eigenvalue weighted by Gasteiger charge is 2.26. The van der Waals surface area contributed by atoms with Gasteiger partial charge in [-0.3, -0.25) is 5.32 Å². The summed E-state index contributed by atoms with van der Waals surface area (Å²) >= 11 is 0. The van der Waals surface area contributed by atoms with Gasteiger partial charge in [-0.15, -0.1) is 0 Å². The maximum Gasteiger partial charge on any atom is 0.119 e. The summed E-state index contributed by atoms with van der Waals surface area (Å²) in [5.41, 5.74) is 0.336. The molecule has 3 heteroatoms. The van der Waals surface area contributed by atoms with E-state index in [4.69, 9.17) is 0 Å². The molecule has 0 aromatic carbocycles. The van der Waals surface area contributed by atoms with Crippen LogP contribution in [-0.4, -0.2) is 48.5 Å². The zero-order valence-electron chi connectivity index (χ0n) is 13.7. The molecule has 0 rings (SSSR count). The van der Waals surface area contributed by atoms with Gasteiger partial charge in [0.1, 0.15) is 12.3 Å². The van der Waals surface area contributed by atoms with Gasteiger partial charge in [0.25, 0.3) is 0 Å². The van der Waals surface area contributed by atoms with Crippen LogP contribution in [0, 0.1) is 5.92 Å². The van der Waals surface area contributed by atoms with Crippen molar-refractivity contribution >= 4 is 0 Å². The maximum atomic E-state index is 10.2. The number of rotatable bonds is 9. The summed E-state index contributed by atoms with van der Waals surface area (Å²) in [6.07, 6.45) is 4.06. The van der Waals surface area contributed by atoms with Gasteiger partial charge < -0.3 is 9.59 Å². The van der Waals surface area contributed by atoms with E-state index >= 15 is 0 Å². The second-order valence-corrected chi connectivity index (χ2v) is 5.58. The predicted molar refractivity (Wildman–Crippen MR) is 83.9 cm³/mol. The van der Waals surface area contributed by atoms with Crippen LogP contribution in [0.5, 0.6) is 0 Å². The fourth-order valence-corrected chi connectivity index (χ4v) is 2.29. The van der Waals surface area contributed by atoms with Gasteiger partial charge >= 0.3 is 0 Å². The highest BCUT2D eigenvalue weighted by Crippen LogP contribution is 2.19. The van der Waals surface area contributed by atoms with Gasteiger partial charge in [-0.25, -0.2) is 0 Å². The van der Waals surface area contributed by atoms with Crippen molar-refractivity contribution in [3.05, 3.63) is 24.3 Å². The van der Waals surface area contributed by atoms with Crippen molar-refractivity contribution in [2.75, 3.05) is 33.2 Å². The van der Waals surface area contributed by atoms with Gasteiger partial charge in [0.2, 0.25) is 0 Å². The number of likely N-dealkylation sites (N-methyl/N-ethyl adjacent to an activating group) is 1. The van der Waals surface area contributed by atoms with Crippen molar-refractivity contribution in [1.82, 2.24) is 5.32 Å². The summed E-state index contributed by atoms with van der Waals surface area (Å²) in [5, 5.41) is 13.2. The molecule has 0 heterocycles. The second-order valence-electron chi connectivity index (χ2n) is 5.58. The van der Waals surface area contributed by atoms with E-state index in [1.54, 1.807) is 14.0 Å². The Kier molecular flexibility index (Phi) is 7.57. The van der Waals surface area contributed by atoms with Crippen LogP contribution in [-0.2, 0) is 0 Å². The van der Waals surface area contributed by atoms with E-state index in [1.807, 2.05) is 13.0 Å². The van der Waals surface area contributed by atoms with E-state index in [9.17, 15) is 5.11 Å². The van der Waals surface area contributed by atoms with Crippen LogP contribution >= 0.6 is 0 Å². The minimum absolute atomic E-state index is 0.0398. The topological polar surface area (TPSA) is 32.3 Å². The van der Waals surface area contributed by atoms with Gasteiger partial charge in [0.15, 0.2) is 0 Å². The lowest BCUT2D eigenvalue weighted by Gasteiger charge is -2.37. The van der Waals surface area contributed by atoms with Crippen LogP contribution in [0.15, 0.2) is 24.3 Å². The highest BCUT2D eigenvalue weighted by molar-refractivity contribution is 5.18. The summed E-state index contributed by atoms with van der Waals surface area (Å²) in [5.74, 6) is 0.0398. The van der Waals surface area contributed by atoms with Gasteiger partial charge in [-0.2, -0.15) is 0 Å². The fraction of sp³-hybridized carbons (Fsp3) is 0.750. The van der Waals surface area contributed by atoms with E-state index in [1.165, 1.54) is 5.57 Å². The molecule has 0 aromatic heterocycles. The number of hydrogen-bond donors (Lipinski definition) is 2. The van der Waals surface area contributed by atoms with Crippen molar-refractivity contribution in [1.29, 1.82) is 0 Å². The van der Waals surface area contributed by atoms with Gasteiger partial charge in [0, 0.05) is 11.5 Å². The molecule has 0 spiro atoms. The van der Waals surface area contributed by atoms with E-state index in [2.05, 4.69) is 38.7 Å². The Bertz CT molecular complexity index is 296. The zero-order valence-corrected chi connectivity index (χ0v) is 13.7. The Balaban J connectivity index is 5.07. The van der Waals surface area contributed by atoms with Crippen LogP contribution in [0.2, 0.25) is 0 Å². The molecule has 0 fully saturated rings. The lowest BCUT2D eigenvalue weighted by molar-refractivity contribution is -0.918. The number of hydrogen-bond acceptors (Lipinski definition) is 2. The molecule has 0 saturated carbocycles. The molecule has 112 valence electrons. The van der Waals surface area contributed by atoms with Crippen molar-refractivity contribution in [2.24, 2.45) is 5.92 Å². The fourth-order valence-electron chi connectivity index (χ4n) is 2.29. The van der Waals surface area contributed by atoms with Crippen molar-refractivity contribution < 1.29 is 9.59 Å². The maximum absolute atomic E-state index is 10.2. The first-order valence-electron chi connectivity index (χ1n) is 7.40. The molecule has 0 amide bonds. The smallest absolute Gasteiger partial charge is 0.119 e. The van der Waals surface area contributed by atoms with Gasteiger partial charge in [-0.1, -0.05) is 25.7 Å². The van der Waals surface area contributed by atoms with Crippen LogP contribution in [0.25, 0.3) is 0 Å². The zero-order chi connectivity index (χ0) is 15.1. The molecule has 0 saturated heterocycles. The average molecular weight is 269 g/mol. The Labute approximate surface area is 119 Å². The third-order valence-corrected chi connectivity index (χ3v) is 4.65. The number of quaternary nitrogens is 1. The van der Waals surface area contributed by atoms with Crippen LogP contribution in [0.3, 0.4) is 0 Å². The Morgan fingerprint density at radius 2 is 1.79 bits per heavy atom. The number of nitrogens with one attached hydrogen (secondary N) is 1. The number of aliphatic hydroxyl groups is 1. The van der Waals surface area contributed by atoms with E-state index in [0.29, 0.717) is 0 Å². The summed E-state index contributed by atoms with van der Waals surface area (Å²) in [7, 11) is 1.78. The van der Waals surface area contributed by atoms with E-state index in [-0.39, 0.29) is 5.92 Å². The minimum atomic E-state index is -0.880. The van der Waals surface area contributed by atoms with Gasteiger partial charge in [0.05, 0.1) is 19.6 Å². The lowest BCUT2D eigenvalue weighted by atomic mass is 9.96. The highest BCUT2D eigenvalue weighted by atomic mass is 16.3. The predicted octanol–water partition coefficient (Wildman–Crippen LogP) is 2.54. The largest absolute Gasteiger partial charge is 0.376 e. The summed E-state index contributed by atoms with van der Waals surface area (Å²) in [4.78, 5) is 0. The standard InChI is InChI=1S/C16H33N2O/c1-8-15(12-14(5)16(6,19)17-7)13-18(9-2,10-3)11-4/h8,12,14,17,19H,1,9-11,13H2,2-7H3/q+1/b15-12+/t14-,16?/m1/s1. The Hall–Kier alpha value is -0.640. The monoisotopic (exact) mass is 269 g/mol. The number of nitrogens with zero attached hydrogens (tertiary/aromatic N) is 1. The summed E-state index contributed by atoms with van der Waals surface area (Å²) in [6, 6.07) is 0. The second kappa shape index (κ2) is 7.83. The molecular formula is C16H33N2O+. The Morgan fingerprint density at radius 1 is 1.32 bits per heavy atom. The van der Waals surface area contributed by atoms with Crippen LogP contribution in [0.4, 0.5) is 0 Å². The molecule has 2 N–H and O–H groups in total. The van der Waals surface area contributed by atoms with Crippen molar-refractivity contribution in [3.63, 3.8) is 0 Å².